The van der Waals surface area contributed by atoms with Crippen LogP contribution in [0.2, 0.25) is 0 Å². The quantitative estimate of drug-likeness (QED) is 0.215. The molecule has 0 N–H and O–H groups in total. The fourth-order valence-electron chi connectivity index (χ4n) is 5.16. The molecule has 5 rings (SSSR count). The molecule has 5 nitrogen and oxygen atoms in total. The van der Waals surface area contributed by atoms with Crippen molar-refractivity contribution in [2.75, 3.05) is 13.6 Å². The summed E-state index contributed by atoms with van der Waals surface area (Å²) in [4.78, 5) is 28.2. The van der Waals surface area contributed by atoms with E-state index in [2.05, 4.69) is 0 Å². The molecule has 0 saturated carbocycles. The highest BCUT2D eigenvalue weighted by Crippen LogP contribution is 2.34. The van der Waals surface area contributed by atoms with Crippen molar-refractivity contribution in [1.29, 1.82) is 0 Å². The normalized spacial score (nSPS) is 15.3. The molecule has 8 heteroatoms. The molecule has 0 bridgehead atoms. The lowest BCUT2D eigenvalue weighted by molar-refractivity contribution is -0.137. The number of carbonyl (C=O) groups is 2. The van der Waals surface area contributed by atoms with Gasteiger partial charge in [-0.25, -0.2) is 0 Å². The van der Waals surface area contributed by atoms with Gasteiger partial charge >= 0.3 is 6.18 Å². The summed E-state index contributed by atoms with van der Waals surface area (Å²) >= 11 is 0. The van der Waals surface area contributed by atoms with E-state index in [4.69, 9.17) is 4.74 Å². The summed E-state index contributed by atoms with van der Waals surface area (Å²) in [5, 5.41) is 0. The standard InChI is InChI=1S/C32H29F3N2O3/c1-36(31(39)26-18-21-37-27(26)16-17-28(37)30(38)23-10-6-3-7-11-23)20-19-29(22-8-4-2-5-9-22)40-25-14-12-24(13-15-25)32(33,34)35/h2-17,26,29H,18-21H2,1H3. The van der Waals surface area contributed by atoms with Gasteiger partial charge in [0.2, 0.25) is 11.7 Å². The predicted octanol–water partition coefficient (Wildman–Crippen LogP) is 6.89. The molecule has 0 fully saturated rings. The monoisotopic (exact) mass is 546 g/mol. The zero-order chi connectivity index (χ0) is 28.3. The van der Waals surface area contributed by atoms with E-state index in [1.54, 1.807) is 30.1 Å². The van der Waals surface area contributed by atoms with Crippen LogP contribution in [0.15, 0.2) is 97.1 Å². The lowest BCUT2D eigenvalue weighted by Gasteiger charge is -2.25. The minimum atomic E-state index is -4.42. The minimum Gasteiger partial charge on any atom is -0.486 e. The van der Waals surface area contributed by atoms with Gasteiger partial charge in [-0.05, 0) is 48.4 Å². The molecule has 1 aliphatic heterocycles. The van der Waals surface area contributed by atoms with Gasteiger partial charge in [-0.15, -0.1) is 0 Å². The fourth-order valence-corrected chi connectivity index (χ4v) is 5.16. The second-order valence-electron chi connectivity index (χ2n) is 9.92. The first-order valence-electron chi connectivity index (χ1n) is 13.2. The van der Waals surface area contributed by atoms with E-state index >= 15 is 0 Å². The highest BCUT2D eigenvalue weighted by molar-refractivity contribution is 6.08. The highest BCUT2D eigenvalue weighted by atomic mass is 19.4. The molecule has 40 heavy (non-hydrogen) atoms. The van der Waals surface area contributed by atoms with E-state index in [0.717, 1.165) is 23.4 Å². The maximum absolute atomic E-state index is 13.5. The van der Waals surface area contributed by atoms with E-state index in [0.29, 0.717) is 42.9 Å². The van der Waals surface area contributed by atoms with Crippen LogP contribution < -0.4 is 4.74 Å². The van der Waals surface area contributed by atoms with Crippen molar-refractivity contribution < 1.29 is 27.5 Å². The van der Waals surface area contributed by atoms with Gasteiger partial charge in [0, 0.05) is 37.8 Å². The van der Waals surface area contributed by atoms with Crippen molar-refractivity contribution in [3.63, 3.8) is 0 Å². The Bertz CT molecular complexity index is 1470. The zero-order valence-corrected chi connectivity index (χ0v) is 22.0. The summed E-state index contributed by atoms with van der Waals surface area (Å²) in [7, 11) is 1.74. The van der Waals surface area contributed by atoms with Crippen molar-refractivity contribution in [2.24, 2.45) is 0 Å². The highest BCUT2D eigenvalue weighted by Gasteiger charge is 2.34. The summed E-state index contributed by atoms with van der Waals surface area (Å²) in [6.07, 6.45) is -3.83. The largest absolute Gasteiger partial charge is 0.486 e. The van der Waals surface area contributed by atoms with Gasteiger partial charge in [0.1, 0.15) is 11.9 Å². The number of carbonyl (C=O) groups excluding carboxylic acids is 2. The molecule has 206 valence electrons. The van der Waals surface area contributed by atoms with Crippen LogP contribution in [0, 0.1) is 0 Å². The number of hydrogen-bond donors (Lipinski definition) is 0. The molecule has 2 heterocycles. The van der Waals surface area contributed by atoms with Crippen LogP contribution in [0.3, 0.4) is 0 Å². The van der Waals surface area contributed by atoms with Crippen LogP contribution in [-0.4, -0.2) is 34.7 Å². The maximum atomic E-state index is 13.5. The minimum absolute atomic E-state index is 0.0445. The number of ketones is 1. The first-order chi connectivity index (χ1) is 19.2. The Kier molecular flexibility index (Phi) is 7.78. The second kappa shape index (κ2) is 11.4. The third-order valence-electron chi connectivity index (χ3n) is 7.31. The molecule has 1 aliphatic rings. The molecule has 4 aromatic rings. The van der Waals surface area contributed by atoms with Crippen molar-refractivity contribution in [3.8, 4) is 5.75 Å². The lowest BCUT2D eigenvalue weighted by atomic mass is 10.0. The van der Waals surface area contributed by atoms with E-state index < -0.39 is 17.8 Å². The summed E-state index contributed by atoms with van der Waals surface area (Å²) in [5.74, 6) is -0.148. The van der Waals surface area contributed by atoms with E-state index in [9.17, 15) is 22.8 Å². The van der Waals surface area contributed by atoms with Gasteiger partial charge in [-0.3, -0.25) is 9.59 Å². The number of alkyl halides is 3. The third-order valence-corrected chi connectivity index (χ3v) is 7.31. The maximum Gasteiger partial charge on any atom is 0.416 e. The van der Waals surface area contributed by atoms with Gasteiger partial charge < -0.3 is 14.2 Å². The lowest BCUT2D eigenvalue weighted by Crippen LogP contribution is -2.33. The van der Waals surface area contributed by atoms with Crippen LogP contribution >= 0.6 is 0 Å². The molecule has 0 radical (unpaired) electrons. The summed E-state index contributed by atoms with van der Waals surface area (Å²) in [6, 6.07) is 26.8. The molecular weight excluding hydrogens is 517 g/mol. The van der Waals surface area contributed by atoms with Crippen LogP contribution in [-0.2, 0) is 17.5 Å². The summed E-state index contributed by atoms with van der Waals surface area (Å²) < 4.78 is 47.0. The zero-order valence-electron chi connectivity index (χ0n) is 22.0. The Morgan fingerprint density at radius 1 is 0.925 bits per heavy atom. The van der Waals surface area contributed by atoms with Crippen molar-refractivity contribution in [3.05, 3.63) is 125 Å². The Morgan fingerprint density at radius 3 is 2.23 bits per heavy atom. The number of likely N-dealkylation sites (N-methyl/N-ethyl adjacent to an activating group) is 1. The van der Waals surface area contributed by atoms with E-state index in [-0.39, 0.29) is 17.6 Å². The molecule has 1 amide bonds. The summed E-state index contributed by atoms with van der Waals surface area (Å²) in [6.45, 7) is 0.968. The first-order valence-corrected chi connectivity index (χ1v) is 13.2. The third kappa shape index (κ3) is 5.81. The number of amides is 1. The molecule has 1 aromatic heterocycles. The number of hydrogen-bond acceptors (Lipinski definition) is 3. The topological polar surface area (TPSA) is 51.5 Å². The number of aromatic nitrogens is 1. The van der Waals surface area contributed by atoms with Crippen molar-refractivity contribution in [1.82, 2.24) is 9.47 Å². The molecule has 2 atom stereocenters. The molecule has 0 saturated heterocycles. The number of rotatable bonds is 9. The van der Waals surface area contributed by atoms with Crippen LogP contribution in [0.4, 0.5) is 13.2 Å². The van der Waals surface area contributed by atoms with Gasteiger partial charge in [0.15, 0.2) is 0 Å². The first kappa shape index (κ1) is 27.2. The Hall–Kier alpha value is -4.33. The fraction of sp³-hybridized carbons (Fsp3) is 0.250. The van der Waals surface area contributed by atoms with Gasteiger partial charge in [0.05, 0.1) is 17.2 Å². The molecule has 3 aromatic carbocycles. The Labute approximate surface area is 230 Å². The molecular formula is C32H29F3N2O3. The van der Waals surface area contributed by atoms with Crippen molar-refractivity contribution in [2.45, 2.75) is 37.6 Å². The number of benzene rings is 3. The Balaban J connectivity index is 1.27. The van der Waals surface area contributed by atoms with Crippen LogP contribution in [0.5, 0.6) is 5.75 Å². The number of nitrogens with zero attached hydrogens (tertiary/aromatic N) is 2. The molecule has 0 spiro atoms. The second-order valence-corrected chi connectivity index (χ2v) is 9.92. The molecule has 2 unspecified atom stereocenters. The smallest absolute Gasteiger partial charge is 0.416 e. The number of fused-ring (bicyclic) bond motifs is 1. The average Bonchev–Trinajstić information content (AvgIpc) is 3.58. The Morgan fingerprint density at radius 2 is 1.57 bits per heavy atom. The van der Waals surface area contributed by atoms with E-state index in [1.807, 2.05) is 59.2 Å². The average molecular weight is 547 g/mol. The van der Waals surface area contributed by atoms with Gasteiger partial charge in [-0.1, -0.05) is 60.7 Å². The summed E-state index contributed by atoms with van der Waals surface area (Å²) in [5.41, 5.74) is 2.14. The van der Waals surface area contributed by atoms with Crippen LogP contribution in [0.1, 0.15) is 57.7 Å². The van der Waals surface area contributed by atoms with Gasteiger partial charge in [0.25, 0.3) is 0 Å². The SMILES string of the molecule is CN(CCC(Oc1ccc(C(F)(F)F)cc1)c1ccccc1)C(=O)C1CCn2c(C(=O)c3ccccc3)ccc21. The van der Waals surface area contributed by atoms with Crippen LogP contribution in [0.25, 0.3) is 0 Å². The number of ether oxygens (including phenoxy) is 1. The predicted molar refractivity (Wildman–Crippen MR) is 145 cm³/mol. The van der Waals surface area contributed by atoms with Gasteiger partial charge in [-0.2, -0.15) is 13.2 Å². The number of halogens is 3. The van der Waals surface area contributed by atoms with Crippen molar-refractivity contribution >= 4 is 11.7 Å². The molecule has 0 aliphatic carbocycles. The van der Waals surface area contributed by atoms with E-state index in [1.165, 1.54) is 12.1 Å².